The van der Waals surface area contributed by atoms with Gasteiger partial charge in [-0.2, -0.15) is 0 Å². The number of allylic oxidation sites excluding steroid dienone is 1. The highest BCUT2D eigenvalue weighted by Gasteiger charge is 2.01. The molecule has 0 unspecified atom stereocenters. The van der Waals surface area contributed by atoms with Gasteiger partial charge in [0.25, 0.3) is 0 Å². The van der Waals surface area contributed by atoms with Crippen molar-refractivity contribution in [2.75, 3.05) is 0 Å². The molecule has 4 heteroatoms. The van der Waals surface area contributed by atoms with Crippen molar-refractivity contribution in [3.63, 3.8) is 0 Å². The van der Waals surface area contributed by atoms with E-state index >= 15 is 0 Å². The van der Waals surface area contributed by atoms with Gasteiger partial charge in [0.15, 0.2) is 0 Å². The molecule has 0 aliphatic carbocycles. The lowest BCUT2D eigenvalue weighted by Gasteiger charge is -2.05. The van der Waals surface area contributed by atoms with Gasteiger partial charge in [0, 0.05) is 12.5 Å². The first-order valence-corrected chi connectivity index (χ1v) is 30.7. The normalized spacial score (nSPS) is 11.7. The summed E-state index contributed by atoms with van der Waals surface area (Å²) < 4.78 is 0. The van der Waals surface area contributed by atoms with Gasteiger partial charge in [-0.15, -0.1) is 0 Å². The maximum atomic E-state index is 10.5. The second kappa shape index (κ2) is 59.8. The number of carbonyl (C=O) groups is 2. The molecule has 0 saturated heterocycles. The van der Waals surface area contributed by atoms with Crippen LogP contribution in [-0.4, -0.2) is 22.2 Å². The van der Waals surface area contributed by atoms with Crippen molar-refractivity contribution >= 4 is 11.9 Å². The third-order valence-corrected chi connectivity index (χ3v) is 14.8. The highest BCUT2D eigenvalue weighted by atomic mass is 16.4. The summed E-state index contributed by atoms with van der Waals surface area (Å²) in [6.45, 7) is 0. The van der Waals surface area contributed by atoms with E-state index in [2.05, 4.69) is 0 Å². The maximum absolute atomic E-state index is 10.5. The number of unbranched alkanes of at least 4 members (excludes halogenated alkanes) is 56. The van der Waals surface area contributed by atoms with Crippen LogP contribution in [0.3, 0.4) is 0 Å². The van der Waals surface area contributed by atoms with Crippen LogP contribution in [0.2, 0.25) is 0 Å². The van der Waals surface area contributed by atoms with Gasteiger partial charge >= 0.3 is 11.9 Å². The molecule has 0 aromatic heterocycles. The Hall–Kier alpha value is -1.32. The maximum Gasteiger partial charge on any atom is 0.327 e. The minimum absolute atomic E-state index is 0.344. The quantitative estimate of drug-likeness (QED) is 0.0471. The average molecular weight is 930 g/mol. The van der Waals surface area contributed by atoms with Gasteiger partial charge in [0.05, 0.1) is 0 Å². The molecular weight excluding hydrogens is 809 g/mol. The molecule has 0 heterocycles. The average Bonchev–Trinajstić information content (AvgIpc) is 3.30. The highest BCUT2D eigenvalue weighted by Crippen LogP contribution is 2.20. The molecule has 0 atom stereocenters. The van der Waals surface area contributed by atoms with Crippen molar-refractivity contribution in [1.29, 1.82) is 0 Å². The van der Waals surface area contributed by atoms with Crippen LogP contribution in [0, 0.1) is 0 Å². The van der Waals surface area contributed by atoms with Crippen LogP contribution in [-0.2, 0) is 9.59 Å². The number of carboxylic acid groups (broad SMARTS) is 2. The summed E-state index contributed by atoms with van der Waals surface area (Å²) in [5.74, 6) is -1.48. The van der Waals surface area contributed by atoms with Crippen LogP contribution in [0.1, 0.15) is 372 Å². The molecule has 0 fully saturated rings. The van der Waals surface area contributed by atoms with E-state index in [0.29, 0.717) is 6.42 Å². The molecule has 0 saturated carbocycles. The smallest absolute Gasteiger partial charge is 0.327 e. The van der Waals surface area contributed by atoms with E-state index in [0.717, 1.165) is 25.7 Å². The van der Waals surface area contributed by atoms with Crippen molar-refractivity contribution in [1.82, 2.24) is 0 Å². The Balaban J connectivity index is 3.08. The van der Waals surface area contributed by atoms with Gasteiger partial charge < -0.3 is 10.2 Å². The molecule has 0 aromatic rings. The van der Waals surface area contributed by atoms with E-state index in [1.54, 1.807) is 6.08 Å². The zero-order chi connectivity index (χ0) is 47.6. The van der Waals surface area contributed by atoms with Gasteiger partial charge in [0.1, 0.15) is 0 Å². The van der Waals surface area contributed by atoms with Gasteiger partial charge in [-0.25, -0.2) is 4.79 Å². The molecule has 66 heavy (non-hydrogen) atoms. The van der Waals surface area contributed by atoms with Crippen LogP contribution in [0.15, 0.2) is 12.2 Å². The molecule has 0 amide bonds. The van der Waals surface area contributed by atoms with Crippen molar-refractivity contribution in [2.45, 2.75) is 372 Å². The summed E-state index contributed by atoms with van der Waals surface area (Å²) in [4.78, 5) is 21.0. The molecule has 0 radical (unpaired) electrons. The molecule has 0 rings (SSSR count). The molecule has 0 aliphatic heterocycles. The van der Waals surface area contributed by atoms with E-state index in [9.17, 15) is 9.59 Å². The Morgan fingerprint density at radius 3 is 0.485 bits per heavy atom. The van der Waals surface area contributed by atoms with E-state index < -0.39 is 11.9 Å². The molecule has 0 bridgehead atoms. The summed E-state index contributed by atoms with van der Waals surface area (Å²) in [6.07, 6.45) is 83.6. The van der Waals surface area contributed by atoms with Crippen LogP contribution in [0.4, 0.5) is 0 Å². The van der Waals surface area contributed by atoms with Crippen molar-refractivity contribution in [3.05, 3.63) is 12.2 Å². The zero-order valence-corrected chi connectivity index (χ0v) is 44.9. The number of carboxylic acids is 2. The van der Waals surface area contributed by atoms with E-state index in [4.69, 9.17) is 10.2 Å². The monoisotopic (exact) mass is 929 g/mol. The molecule has 0 spiro atoms. The Morgan fingerprint density at radius 1 is 0.212 bits per heavy atom. The molecular formula is C62H120O4. The minimum Gasteiger partial charge on any atom is -0.481 e. The van der Waals surface area contributed by atoms with Gasteiger partial charge in [-0.1, -0.05) is 353 Å². The van der Waals surface area contributed by atoms with E-state index in [1.807, 2.05) is 0 Å². The predicted molar refractivity (Wildman–Crippen MR) is 292 cm³/mol. The predicted octanol–water partition coefficient (Wildman–Crippen LogP) is 22.3. The van der Waals surface area contributed by atoms with Crippen molar-refractivity contribution in [2.24, 2.45) is 0 Å². The minimum atomic E-state index is -0.828. The summed E-state index contributed by atoms with van der Waals surface area (Å²) in [7, 11) is 0. The first kappa shape index (κ1) is 64.7. The molecule has 0 aromatic carbocycles. The lowest BCUT2D eigenvalue weighted by molar-refractivity contribution is -0.137. The van der Waals surface area contributed by atoms with Gasteiger partial charge in [0.2, 0.25) is 0 Å². The first-order valence-electron chi connectivity index (χ1n) is 30.7. The fourth-order valence-electron chi connectivity index (χ4n) is 10.3. The second-order valence-corrected chi connectivity index (χ2v) is 21.5. The fraction of sp³-hybridized carbons (Fsp3) is 0.935. The van der Waals surface area contributed by atoms with Crippen LogP contribution >= 0.6 is 0 Å². The first-order chi connectivity index (χ1) is 32.6. The van der Waals surface area contributed by atoms with Crippen LogP contribution in [0.5, 0.6) is 0 Å². The summed E-state index contributed by atoms with van der Waals surface area (Å²) in [5.41, 5.74) is 0. The Bertz CT molecular complexity index is 944. The summed E-state index contributed by atoms with van der Waals surface area (Å²) in [6, 6.07) is 0. The Morgan fingerprint density at radius 2 is 0.348 bits per heavy atom. The molecule has 392 valence electrons. The SMILES string of the molecule is O=C(O)C=CCCCCCCCCCCCCCCCCCCCCCCCCCCCCCCCCCCCCCCCCCCCCCCCCCCCCCCCCCCC(=O)O. The lowest BCUT2D eigenvalue weighted by atomic mass is 10.0. The molecule has 2 N–H and O–H groups in total. The van der Waals surface area contributed by atoms with E-state index in [-0.39, 0.29) is 0 Å². The largest absolute Gasteiger partial charge is 0.481 e. The second-order valence-electron chi connectivity index (χ2n) is 21.5. The van der Waals surface area contributed by atoms with Crippen LogP contribution < -0.4 is 0 Å². The Kier molecular flexibility index (Phi) is 58.6. The van der Waals surface area contributed by atoms with Crippen molar-refractivity contribution < 1.29 is 19.8 Å². The summed E-state index contributed by atoms with van der Waals surface area (Å²) in [5, 5.41) is 17.3. The van der Waals surface area contributed by atoms with Gasteiger partial charge in [-0.3, -0.25) is 4.79 Å². The van der Waals surface area contributed by atoms with Crippen molar-refractivity contribution in [3.8, 4) is 0 Å². The number of aliphatic carboxylic acids is 2. The molecule has 4 nitrogen and oxygen atoms in total. The lowest BCUT2D eigenvalue weighted by Crippen LogP contribution is -1.93. The number of rotatable bonds is 60. The standard InChI is InChI=1S/C62H120O4/c63-61(64)59-57-55-53-51-49-47-45-43-41-39-37-35-33-31-29-27-25-23-21-19-17-15-13-11-9-7-5-3-1-2-4-6-8-10-12-14-16-18-20-22-24-26-28-30-32-34-36-38-40-42-44-46-48-50-52-54-56-58-60-62(65)66/h57,59H,1-56,58,60H2,(H,63,64)(H,65,66). The Labute approximate surface area is 414 Å². The fourth-order valence-corrected chi connectivity index (χ4v) is 10.3. The third-order valence-electron chi connectivity index (χ3n) is 14.8. The summed E-state index contributed by atoms with van der Waals surface area (Å²) >= 11 is 0. The highest BCUT2D eigenvalue weighted by molar-refractivity contribution is 5.79. The molecule has 0 aliphatic rings. The topological polar surface area (TPSA) is 74.6 Å². The van der Waals surface area contributed by atoms with E-state index in [1.165, 1.54) is 346 Å². The van der Waals surface area contributed by atoms with Crippen LogP contribution in [0.25, 0.3) is 0 Å². The third kappa shape index (κ3) is 62.7. The number of hydrogen-bond acceptors (Lipinski definition) is 2. The zero-order valence-electron chi connectivity index (χ0n) is 44.9. The number of hydrogen-bond donors (Lipinski definition) is 2. The van der Waals surface area contributed by atoms with Gasteiger partial charge in [-0.05, 0) is 19.3 Å².